The Morgan fingerprint density at radius 2 is 1.46 bits per heavy atom. The minimum absolute atomic E-state index is 0.167. The number of thioether (sulfide) groups is 1. The average molecular weight is 415 g/mol. The van der Waals surface area contributed by atoms with Crippen LogP contribution in [-0.2, 0) is 4.74 Å². The second-order valence-electron chi connectivity index (χ2n) is 7.42. The third kappa shape index (κ3) is 19.7. The highest BCUT2D eigenvalue weighted by Gasteiger charge is 2.11. The van der Waals surface area contributed by atoms with Gasteiger partial charge in [-0.3, -0.25) is 0 Å². The van der Waals surface area contributed by atoms with Crippen LogP contribution in [0.5, 0.6) is 0 Å². The van der Waals surface area contributed by atoms with Gasteiger partial charge < -0.3 is 10.1 Å². The molecule has 0 saturated carbocycles. The van der Waals surface area contributed by atoms with E-state index in [4.69, 9.17) is 5.53 Å². The molecule has 0 bridgehead atoms. The van der Waals surface area contributed by atoms with Gasteiger partial charge in [0.2, 0.25) is 0 Å². The Bertz CT molecular complexity index is 404. The van der Waals surface area contributed by atoms with Crippen LogP contribution in [-0.4, -0.2) is 37.3 Å². The molecule has 0 aliphatic carbocycles. The van der Waals surface area contributed by atoms with Crippen molar-refractivity contribution < 1.29 is 9.53 Å². The normalized spacial score (nSPS) is 11.6. The first-order chi connectivity index (χ1) is 13.7. The molecular formula is C21H42N4O2S. The van der Waals surface area contributed by atoms with Crippen molar-refractivity contribution in [1.82, 2.24) is 5.32 Å². The molecule has 28 heavy (non-hydrogen) atoms. The van der Waals surface area contributed by atoms with Gasteiger partial charge in [0, 0.05) is 23.3 Å². The van der Waals surface area contributed by atoms with Crippen molar-refractivity contribution in [2.75, 3.05) is 25.2 Å². The molecule has 0 aliphatic rings. The summed E-state index contributed by atoms with van der Waals surface area (Å²) in [5.74, 6) is 1.82. The number of hydrogen-bond donors (Lipinski definition) is 1. The number of unbranched alkanes of at least 4 members (excludes halogenated alkanes) is 13. The van der Waals surface area contributed by atoms with Gasteiger partial charge >= 0.3 is 6.09 Å². The molecule has 1 N–H and O–H groups in total. The number of methoxy groups -OCH3 is 1. The lowest BCUT2D eigenvalue weighted by atomic mass is 10.0. The SMILES string of the molecule is CCCCCCCCCCCCCCCCSCC(CN=[N+]=[N-])NC(=O)OC. The van der Waals surface area contributed by atoms with Crippen LogP contribution in [0.25, 0.3) is 10.4 Å². The molecule has 0 aromatic carbocycles. The zero-order valence-corrected chi connectivity index (χ0v) is 19.0. The number of carbonyl (C=O) groups excluding carboxylic acids is 1. The number of amides is 1. The zero-order valence-electron chi connectivity index (χ0n) is 18.2. The summed E-state index contributed by atoms with van der Waals surface area (Å²) in [4.78, 5) is 14.0. The lowest BCUT2D eigenvalue weighted by molar-refractivity contribution is 0.168. The molecule has 1 amide bonds. The number of carbonyl (C=O) groups is 1. The number of azide groups is 1. The predicted molar refractivity (Wildman–Crippen MR) is 121 cm³/mol. The quantitative estimate of drug-likeness (QED) is 0.0985. The molecule has 6 nitrogen and oxygen atoms in total. The monoisotopic (exact) mass is 414 g/mol. The van der Waals surface area contributed by atoms with Crippen LogP contribution in [0.4, 0.5) is 4.79 Å². The highest BCUT2D eigenvalue weighted by molar-refractivity contribution is 7.99. The van der Waals surface area contributed by atoms with Crippen molar-refractivity contribution in [2.24, 2.45) is 5.11 Å². The summed E-state index contributed by atoms with van der Waals surface area (Å²) < 4.78 is 4.60. The molecule has 0 fully saturated rings. The van der Waals surface area contributed by atoms with Crippen LogP contribution in [0.3, 0.4) is 0 Å². The molecule has 1 atom stereocenters. The summed E-state index contributed by atoms with van der Waals surface area (Å²) in [6.45, 7) is 2.53. The van der Waals surface area contributed by atoms with E-state index in [2.05, 4.69) is 27.0 Å². The van der Waals surface area contributed by atoms with Crippen molar-refractivity contribution in [3.63, 3.8) is 0 Å². The summed E-state index contributed by atoms with van der Waals surface area (Å²) >= 11 is 1.79. The fourth-order valence-electron chi connectivity index (χ4n) is 3.12. The first-order valence-corrected chi connectivity index (χ1v) is 12.3. The van der Waals surface area contributed by atoms with Crippen LogP contribution in [0.2, 0.25) is 0 Å². The molecular weight excluding hydrogens is 372 g/mol. The van der Waals surface area contributed by atoms with Crippen molar-refractivity contribution in [3.8, 4) is 0 Å². The number of nitrogens with zero attached hydrogens (tertiary/aromatic N) is 3. The Kier molecular flexibility index (Phi) is 21.4. The second-order valence-corrected chi connectivity index (χ2v) is 8.57. The van der Waals surface area contributed by atoms with Gasteiger partial charge in [-0.05, 0) is 17.7 Å². The van der Waals surface area contributed by atoms with E-state index in [1.807, 2.05) is 0 Å². The van der Waals surface area contributed by atoms with Gasteiger partial charge in [0.25, 0.3) is 0 Å². The predicted octanol–water partition coefficient (Wildman–Crippen LogP) is 7.24. The van der Waals surface area contributed by atoms with E-state index in [1.165, 1.54) is 97.0 Å². The van der Waals surface area contributed by atoms with E-state index in [0.29, 0.717) is 0 Å². The standard InChI is InChI=1S/C21H42N4O2S/c1-3-4-5-6-7-8-9-10-11-12-13-14-15-16-17-28-19-20(18-23-25-22)24-21(26)27-2/h20H,3-19H2,1-2H3,(H,24,26). The van der Waals surface area contributed by atoms with E-state index < -0.39 is 6.09 Å². The van der Waals surface area contributed by atoms with Crippen molar-refractivity contribution >= 4 is 17.9 Å². The van der Waals surface area contributed by atoms with E-state index >= 15 is 0 Å². The first kappa shape index (κ1) is 26.9. The van der Waals surface area contributed by atoms with Crippen LogP contribution in [0, 0.1) is 0 Å². The lowest BCUT2D eigenvalue weighted by Crippen LogP contribution is -2.38. The summed E-state index contributed by atoms with van der Waals surface area (Å²) in [6, 6.07) is -0.167. The Hall–Kier alpha value is -1.07. The molecule has 0 saturated heterocycles. The fraction of sp³-hybridized carbons (Fsp3) is 0.952. The molecule has 0 rings (SSSR count). The second kappa shape index (κ2) is 22.2. The molecule has 1 unspecified atom stereocenters. The topological polar surface area (TPSA) is 87.1 Å². The molecule has 0 aromatic heterocycles. The van der Waals surface area contributed by atoms with Gasteiger partial charge in [-0.1, -0.05) is 95.5 Å². The number of rotatable bonds is 20. The Labute approximate surface area is 176 Å². The third-order valence-corrected chi connectivity index (χ3v) is 6.05. The summed E-state index contributed by atoms with van der Waals surface area (Å²) in [5, 5.41) is 6.26. The maximum absolute atomic E-state index is 11.3. The Balaban J connectivity index is 3.39. The molecule has 0 radical (unpaired) electrons. The van der Waals surface area contributed by atoms with Gasteiger partial charge in [0.15, 0.2) is 0 Å². The van der Waals surface area contributed by atoms with Crippen LogP contribution < -0.4 is 5.32 Å². The summed E-state index contributed by atoms with van der Waals surface area (Å²) in [5.41, 5.74) is 8.43. The highest BCUT2D eigenvalue weighted by Crippen LogP contribution is 2.14. The van der Waals surface area contributed by atoms with E-state index in [1.54, 1.807) is 11.8 Å². The van der Waals surface area contributed by atoms with Gasteiger partial charge in [0.1, 0.15) is 0 Å². The van der Waals surface area contributed by atoms with E-state index in [-0.39, 0.29) is 12.6 Å². The van der Waals surface area contributed by atoms with Crippen molar-refractivity contribution in [1.29, 1.82) is 0 Å². The number of alkyl carbamates (subject to hydrolysis) is 1. The molecule has 0 aromatic rings. The third-order valence-electron chi connectivity index (χ3n) is 4.83. The summed E-state index contributed by atoms with van der Waals surface area (Å²) in [6.07, 6.45) is 18.7. The van der Waals surface area contributed by atoms with E-state index in [9.17, 15) is 4.79 Å². The Morgan fingerprint density at radius 1 is 0.964 bits per heavy atom. The van der Waals surface area contributed by atoms with Crippen LogP contribution in [0.15, 0.2) is 5.11 Å². The molecule has 7 heteroatoms. The number of hydrogen-bond acceptors (Lipinski definition) is 4. The summed E-state index contributed by atoms with van der Waals surface area (Å²) in [7, 11) is 1.34. The van der Waals surface area contributed by atoms with Gasteiger partial charge in [0.05, 0.1) is 7.11 Å². The van der Waals surface area contributed by atoms with Crippen molar-refractivity contribution in [3.05, 3.63) is 10.4 Å². The smallest absolute Gasteiger partial charge is 0.407 e. The Morgan fingerprint density at radius 3 is 1.93 bits per heavy atom. The highest BCUT2D eigenvalue weighted by atomic mass is 32.2. The average Bonchev–Trinajstić information content (AvgIpc) is 2.71. The maximum Gasteiger partial charge on any atom is 0.407 e. The van der Waals surface area contributed by atoms with Gasteiger partial charge in [-0.2, -0.15) is 11.8 Å². The molecule has 0 heterocycles. The maximum atomic E-state index is 11.3. The molecule has 0 aliphatic heterocycles. The zero-order chi connectivity index (χ0) is 20.7. The van der Waals surface area contributed by atoms with Crippen LogP contribution in [0.1, 0.15) is 96.8 Å². The minimum atomic E-state index is -0.477. The molecule has 164 valence electrons. The molecule has 0 spiro atoms. The lowest BCUT2D eigenvalue weighted by Gasteiger charge is -2.15. The largest absolute Gasteiger partial charge is 0.453 e. The minimum Gasteiger partial charge on any atom is -0.453 e. The van der Waals surface area contributed by atoms with E-state index in [0.717, 1.165) is 11.5 Å². The van der Waals surface area contributed by atoms with Crippen LogP contribution >= 0.6 is 11.8 Å². The first-order valence-electron chi connectivity index (χ1n) is 11.2. The van der Waals surface area contributed by atoms with Gasteiger partial charge in [-0.15, -0.1) is 0 Å². The number of nitrogens with one attached hydrogen (secondary N) is 1. The van der Waals surface area contributed by atoms with Gasteiger partial charge in [-0.25, -0.2) is 4.79 Å². The fourth-order valence-corrected chi connectivity index (χ4v) is 4.17. The van der Waals surface area contributed by atoms with Crippen molar-refractivity contribution in [2.45, 2.75) is 103 Å². The number of ether oxygens (including phenoxy) is 1.